The van der Waals surface area contributed by atoms with Crippen molar-refractivity contribution in [3.05, 3.63) is 35.0 Å². The molecule has 0 bridgehead atoms. The van der Waals surface area contributed by atoms with Crippen LogP contribution in [-0.2, 0) is 11.3 Å². The highest BCUT2D eigenvalue weighted by Gasteiger charge is 2.20. The number of anilines is 1. The molecule has 3 aromatic rings. The van der Waals surface area contributed by atoms with Crippen LogP contribution in [0.25, 0.3) is 11.0 Å². The molecule has 0 radical (unpaired) electrons. The Morgan fingerprint density at radius 1 is 1.31 bits per heavy atom. The van der Waals surface area contributed by atoms with Crippen molar-refractivity contribution in [2.45, 2.75) is 18.6 Å². The average Bonchev–Trinajstić information content (AvgIpc) is 3.22. The van der Waals surface area contributed by atoms with Gasteiger partial charge in [0, 0.05) is 24.7 Å². The van der Waals surface area contributed by atoms with E-state index in [2.05, 4.69) is 22.2 Å². The third kappa shape index (κ3) is 4.92. The molecule has 9 nitrogen and oxygen atoms in total. The number of nitrogens with one attached hydrogen (secondary N) is 1. The Morgan fingerprint density at radius 3 is 2.88 bits per heavy atom. The predicted molar refractivity (Wildman–Crippen MR) is 125 cm³/mol. The Labute approximate surface area is 195 Å². The molecule has 1 saturated heterocycles. The summed E-state index contributed by atoms with van der Waals surface area (Å²) in [6.07, 6.45) is 1.79. The van der Waals surface area contributed by atoms with Gasteiger partial charge in [-0.3, -0.25) is 4.79 Å². The third-order valence-electron chi connectivity index (χ3n) is 5.05. The summed E-state index contributed by atoms with van der Waals surface area (Å²) in [5.41, 5.74) is 1.15. The normalized spacial score (nSPS) is 14.0. The number of rotatable bonds is 8. The number of methoxy groups -OCH3 is 1. The van der Waals surface area contributed by atoms with Gasteiger partial charge in [-0.2, -0.15) is 5.10 Å². The molecular formula is C21H25ClN6O3S. The van der Waals surface area contributed by atoms with Crippen LogP contribution >= 0.6 is 23.4 Å². The molecule has 1 aliphatic heterocycles. The van der Waals surface area contributed by atoms with Crippen molar-refractivity contribution in [1.29, 1.82) is 0 Å². The summed E-state index contributed by atoms with van der Waals surface area (Å²) >= 11 is 7.63. The van der Waals surface area contributed by atoms with E-state index in [4.69, 9.17) is 31.0 Å². The highest BCUT2D eigenvalue weighted by molar-refractivity contribution is 7.99. The highest BCUT2D eigenvalue weighted by atomic mass is 35.5. The highest BCUT2D eigenvalue weighted by Crippen LogP contribution is 2.28. The molecule has 0 aliphatic carbocycles. The fourth-order valence-electron chi connectivity index (χ4n) is 3.52. The molecule has 1 N–H and O–H groups in total. The molecule has 0 spiro atoms. The van der Waals surface area contributed by atoms with Gasteiger partial charge in [0.15, 0.2) is 10.8 Å². The second-order valence-electron chi connectivity index (χ2n) is 7.07. The zero-order valence-corrected chi connectivity index (χ0v) is 19.6. The predicted octanol–water partition coefficient (Wildman–Crippen LogP) is 2.87. The molecule has 3 heterocycles. The Balaban J connectivity index is 1.53. The number of ether oxygens (including phenoxy) is 2. The number of halogens is 1. The van der Waals surface area contributed by atoms with E-state index < -0.39 is 0 Å². The molecule has 170 valence electrons. The standard InChI is InChI=1S/C21H25ClN6O3S/c1-3-32-21-25-18(27-8-10-31-11-9-27)16-13-24-28(19(16)26-21)7-6-23-20(29)15-12-14(22)4-5-17(15)30-2/h4-5,12-13H,3,6-11H2,1-2H3,(H,23,29). The summed E-state index contributed by atoms with van der Waals surface area (Å²) in [5, 5.41) is 9.52. The van der Waals surface area contributed by atoms with Crippen molar-refractivity contribution in [3.8, 4) is 5.75 Å². The van der Waals surface area contributed by atoms with Gasteiger partial charge in [0.25, 0.3) is 5.91 Å². The maximum atomic E-state index is 12.6. The summed E-state index contributed by atoms with van der Waals surface area (Å²) in [5.74, 6) is 1.97. The summed E-state index contributed by atoms with van der Waals surface area (Å²) in [6, 6.07) is 4.95. The number of thioether (sulfide) groups is 1. The quantitative estimate of drug-likeness (QED) is 0.392. The summed E-state index contributed by atoms with van der Waals surface area (Å²) in [6.45, 7) is 5.83. The van der Waals surface area contributed by atoms with E-state index in [9.17, 15) is 4.79 Å². The van der Waals surface area contributed by atoms with E-state index in [-0.39, 0.29) is 5.91 Å². The van der Waals surface area contributed by atoms with Gasteiger partial charge in [0.2, 0.25) is 0 Å². The van der Waals surface area contributed by atoms with Crippen LogP contribution in [0, 0.1) is 0 Å². The van der Waals surface area contributed by atoms with Gasteiger partial charge in [-0.15, -0.1) is 0 Å². The monoisotopic (exact) mass is 476 g/mol. The number of aromatic nitrogens is 4. The molecule has 11 heteroatoms. The van der Waals surface area contributed by atoms with Gasteiger partial charge in [-0.25, -0.2) is 14.6 Å². The number of benzene rings is 1. The van der Waals surface area contributed by atoms with E-state index in [1.807, 2.05) is 0 Å². The molecule has 0 saturated carbocycles. The molecule has 0 unspecified atom stereocenters. The van der Waals surface area contributed by atoms with Crippen LogP contribution < -0.4 is 15.0 Å². The van der Waals surface area contributed by atoms with Crippen molar-refractivity contribution in [1.82, 2.24) is 25.1 Å². The summed E-state index contributed by atoms with van der Waals surface area (Å²) in [4.78, 5) is 24.4. The SMILES string of the molecule is CCSc1nc(N2CCOCC2)c2cnn(CCNC(=O)c3cc(Cl)ccc3OC)c2n1. The van der Waals surface area contributed by atoms with Gasteiger partial charge in [-0.1, -0.05) is 30.3 Å². The van der Waals surface area contributed by atoms with Crippen LogP contribution in [0.2, 0.25) is 5.02 Å². The minimum absolute atomic E-state index is 0.258. The number of fused-ring (bicyclic) bond motifs is 1. The van der Waals surface area contributed by atoms with Crippen molar-refractivity contribution < 1.29 is 14.3 Å². The van der Waals surface area contributed by atoms with Crippen molar-refractivity contribution in [3.63, 3.8) is 0 Å². The lowest BCUT2D eigenvalue weighted by atomic mass is 10.2. The lowest BCUT2D eigenvalue weighted by Gasteiger charge is -2.28. The van der Waals surface area contributed by atoms with Crippen molar-refractivity contribution >= 4 is 46.1 Å². The number of morpholine rings is 1. The first kappa shape index (κ1) is 22.6. The number of amides is 1. The molecule has 32 heavy (non-hydrogen) atoms. The number of carbonyl (C=O) groups excluding carboxylic acids is 1. The zero-order valence-electron chi connectivity index (χ0n) is 18.0. The molecule has 1 amide bonds. The first-order chi connectivity index (χ1) is 15.6. The first-order valence-electron chi connectivity index (χ1n) is 10.4. The van der Waals surface area contributed by atoms with E-state index in [0.717, 1.165) is 40.9 Å². The van der Waals surface area contributed by atoms with Crippen LogP contribution in [0.3, 0.4) is 0 Å². The van der Waals surface area contributed by atoms with E-state index >= 15 is 0 Å². The minimum Gasteiger partial charge on any atom is -0.496 e. The first-order valence-corrected chi connectivity index (χ1v) is 11.8. The lowest BCUT2D eigenvalue weighted by molar-refractivity contribution is 0.0949. The molecular weight excluding hydrogens is 452 g/mol. The number of carbonyl (C=O) groups is 1. The number of nitrogens with zero attached hydrogens (tertiary/aromatic N) is 5. The Kier molecular flexibility index (Phi) is 7.33. The molecule has 1 aliphatic rings. The van der Waals surface area contributed by atoms with E-state index in [0.29, 0.717) is 42.6 Å². The van der Waals surface area contributed by atoms with Crippen LogP contribution in [0.5, 0.6) is 5.75 Å². The zero-order chi connectivity index (χ0) is 22.5. The topological polar surface area (TPSA) is 94.4 Å². The maximum Gasteiger partial charge on any atom is 0.255 e. The third-order valence-corrected chi connectivity index (χ3v) is 6.02. The van der Waals surface area contributed by atoms with Crippen molar-refractivity contribution in [2.75, 3.05) is 50.6 Å². The second-order valence-corrected chi connectivity index (χ2v) is 8.74. The second kappa shape index (κ2) is 10.4. The van der Waals surface area contributed by atoms with E-state index in [1.54, 1.807) is 40.8 Å². The van der Waals surface area contributed by atoms with Gasteiger partial charge in [0.05, 0.1) is 44.0 Å². The molecule has 1 fully saturated rings. The smallest absolute Gasteiger partial charge is 0.255 e. The molecule has 1 aromatic carbocycles. The van der Waals surface area contributed by atoms with Crippen LogP contribution in [0.4, 0.5) is 5.82 Å². The van der Waals surface area contributed by atoms with Crippen molar-refractivity contribution in [2.24, 2.45) is 0 Å². The van der Waals surface area contributed by atoms with Gasteiger partial charge in [0.1, 0.15) is 11.6 Å². The van der Waals surface area contributed by atoms with Crippen LogP contribution in [-0.4, -0.2) is 71.4 Å². The number of hydrogen-bond acceptors (Lipinski definition) is 8. The molecule has 0 atom stereocenters. The van der Waals surface area contributed by atoms with Gasteiger partial charge in [-0.05, 0) is 24.0 Å². The fraction of sp³-hybridized carbons (Fsp3) is 0.429. The van der Waals surface area contributed by atoms with E-state index in [1.165, 1.54) is 7.11 Å². The molecule has 4 rings (SSSR count). The maximum absolute atomic E-state index is 12.6. The Bertz CT molecular complexity index is 1100. The lowest BCUT2D eigenvalue weighted by Crippen LogP contribution is -2.37. The number of hydrogen-bond donors (Lipinski definition) is 1. The largest absolute Gasteiger partial charge is 0.496 e. The summed E-state index contributed by atoms with van der Waals surface area (Å²) < 4.78 is 12.6. The summed E-state index contributed by atoms with van der Waals surface area (Å²) in [7, 11) is 1.52. The Morgan fingerprint density at radius 2 is 2.12 bits per heavy atom. The van der Waals surface area contributed by atoms with Gasteiger partial charge >= 0.3 is 0 Å². The minimum atomic E-state index is -0.258. The van der Waals surface area contributed by atoms with Crippen LogP contribution in [0.1, 0.15) is 17.3 Å². The Hall–Kier alpha value is -2.56. The van der Waals surface area contributed by atoms with Gasteiger partial charge < -0.3 is 19.7 Å². The van der Waals surface area contributed by atoms with Crippen LogP contribution in [0.15, 0.2) is 29.6 Å². The average molecular weight is 477 g/mol. The fourth-order valence-corrected chi connectivity index (χ4v) is 4.26. The molecule has 2 aromatic heterocycles.